The van der Waals surface area contributed by atoms with Crippen molar-refractivity contribution in [2.45, 2.75) is 32.1 Å². The van der Waals surface area contributed by atoms with Gasteiger partial charge in [0, 0.05) is 11.3 Å². The van der Waals surface area contributed by atoms with Crippen molar-refractivity contribution in [3.05, 3.63) is 71.2 Å². The molecule has 2 rings (SSSR count). The van der Waals surface area contributed by atoms with E-state index in [0.717, 1.165) is 5.56 Å². The average Bonchev–Trinajstić information content (AvgIpc) is 2.87. The van der Waals surface area contributed by atoms with E-state index in [2.05, 4.69) is 10.6 Å². The fraction of sp³-hybridized carbons (Fsp3) is 0.333. The van der Waals surface area contributed by atoms with Crippen LogP contribution in [0.2, 0.25) is 0 Å². The van der Waals surface area contributed by atoms with Gasteiger partial charge in [0.25, 0.3) is 0 Å². The van der Waals surface area contributed by atoms with Gasteiger partial charge in [0.1, 0.15) is 23.4 Å². The number of rotatable bonds is 14. The van der Waals surface area contributed by atoms with Crippen molar-refractivity contribution >= 4 is 35.3 Å². The Bertz CT molecular complexity index is 1180. The Labute approximate surface area is 224 Å². The maximum Gasteiger partial charge on any atom is 0.330 e. The van der Waals surface area contributed by atoms with Crippen molar-refractivity contribution in [2.24, 2.45) is 5.92 Å². The first-order valence-corrected chi connectivity index (χ1v) is 12.8. The highest BCUT2D eigenvalue weighted by Gasteiger charge is 2.27. The number of hydrogen-bond acceptors (Lipinski definition) is 7. The van der Waals surface area contributed by atoms with Crippen molar-refractivity contribution in [3.8, 4) is 11.5 Å². The third-order valence-electron chi connectivity index (χ3n) is 5.35. The van der Waals surface area contributed by atoms with Gasteiger partial charge in [0.2, 0.25) is 11.8 Å². The van der Waals surface area contributed by atoms with Gasteiger partial charge in [0.05, 0.1) is 38.2 Å². The zero-order valence-corrected chi connectivity index (χ0v) is 22.4. The van der Waals surface area contributed by atoms with Crippen molar-refractivity contribution < 1.29 is 38.1 Å². The standard InChI is InChI=1S/C27H31FN2O7S/c1-16(2)26(30-24(32)12-18-11-20(36-3)9-10-23(18)37-4)27(35)29-21(13-25(33)34)22(31)15-38-14-17-5-7-19(28)8-6-17/h5-11,13,16,26H,12,14-15H2,1-4H3,(H,29,35)(H,30,32)(H,33,34)/t26-/m0/s1. The number of carboxylic acid groups (broad SMARTS) is 1. The predicted octanol–water partition coefficient (Wildman–Crippen LogP) is 3.11. The van der Waals surface area contributed by atoms with E-state index in [1.165, 1.54) is 38.1 Å². The second-order valence-corrected chi connectivity index (χ2v) is 9.56. The van der Waals surface area contributed by atoms with Gasteiger partial charge >= 0.3 is 5.97 Å². The third-order valence-corrected chi connectivity index (χ3v) is 6.35. The molecule has 0 aliphatic heterocycles. The van der Waals surface area contributed by atoms with E-state index in [0.29, 0.717) is 28.9 Å². The Kier molecular flexibility index (Phi) is 11.8. The molecular formula is C27H31FN2O7S. The minimum absolute atomic E-state index is 0.104. The molecule has 2 aromatic carbocycles. The summed E-state index contributed by atoms with van der Waals surface area (Å²) in [5.41, 5.74) is 0.933. The summed E-state index contributed by atoms with van der Waals surface area (Å²) in [7, 11) is 2.97. The number of hydrogen-bond donors (Lipinski definition) is 3. The minimum Gasteiger partial charge on any atom is -0.497 e. The highest BCUT2D eigenvalue weighted by Crippen LogP contribution is 2.24. The number of aliphatic carboxylic acids is 1. The lowest BCUT2D eigenvalue weighted by atomic mass is 10.0. The zero-order valence-electron chi connectivity index (χ0n) is 21.6. The van der Waals surface area contributed by atoms with E-state index in [9.17, 15) is 28.7 Å². The van der Waals surface area contributed by atoms with Crippen molar-refractivity contribution in [3.63, 3.8) is 0 Å². The van der Waals surface area contributed by atoms with E-state index in [1.807, 2.05) is 0 Å². The molecule has 9 nitrogen and oxygen atoms in total. The summed E-state index contributed by atoms with van der Waals surface area (Å²) in [6.45, 7) is 3.41. The van der Waals surface area contributed by atoms with Gasteiger partial charge < -0.3 is 25.2 Å². The number of ketones is 1. The van der Waals surface area contributed by atoms with Gasteiger partial charge in [-0.2, -0.15) is 0 Å². The number of thioether (sulfide) groups is 1. The van der Waals surface area contributed by atoms with E-state index < -0.39 is 35.3 Å². The van der Waals surface area contributed by atoms with Crippen LogP contribution in [0.3, 0.4) is 0 Å². The van der Waals surface area contributed by atoms with Crippen LogP contribution in [0.15, 0.2) is 54.2 Å². The SMILES string of the molecule is COc1ccc(OC)c(CC(=O)N[C@H](C(=O)NC(=CC(=O)O)C(=O)CSCc2ccc(F)cc2)C(C)C)c1. The molecule has 0 radical (unpaired) electrons. The van der Waals surface area contributed by atoms with Crippen LogP contribution in [-0.4, -0.2) is 54.7 Å². The molecule has 38 heavy (non-hydrogen) atoms. The van der Waals surface area contributed by atoms with E-state index in [1.54, 1.807) is 44.2 Å². The second kappa shape index (κ2) is 14.8. The number of ether oxygens (including phenoxy) is 2. The first-order valence-electron chi connectivity index (χ1n) is 11.6. The molecule has 0 aliphatic carbocycles. The van der Waals surface area contributed by atoms with Gasteiger partial charge in [-0.25, -0.2) is 9.18 Å². The lowest BCUT2D eigenvalue weighted by Gasteiger charge is -2.22. The molecule has 2 amide bonds. The highest BCUT2D eigenvalue weighted by atomic mass is 32.2. The Morgan fingerprint density at radius 2 is 1.74 bits per heavy atom. The van der Waals surface area contributed by atoms with Crippen molar-refractivity contribution in [2.75, 3.05) is 20.0 Å². The second-order valence-electron chi connectivity index (χ2n) is 8.57. The topological polar surface area (TPSA) is 131 Å². The molecule has 0 unspecified atom stereocenters. The van der Waals surface area contributed by atoms with Gasteiger partial charge in [-0.3, -0.25) is 14.4 Å². The fourth-order valence-corrected chi connectivity index (χ4v) is 4.26. The molecule has 11 heteroatoms. The van der Waals surface area contributed by atoms with Crippen LogP contribution in [0.4, 0.5) is 4.39 Å². The van der Waals surface area contributed by atoms with Gasteiger partial charge in [-0.15, -0.1) is 11.8 Å². The minimum atomic E-state index is -1.41. The number of nitrogens with one attached hydrogen (secondary N) is 2. The van der Waals surface area contributed by atoms with E-state index in [-0.39, 0.29) is 23.9 Å². The number of carbonyl (C=O) groups is 4. The number of halogens is 1. The molecule has 0 bridgehead atoms. The van der Waals surface area contributed by atoms with E-state index >= 15 is 0 Å². The molecule has 0 heterocycles. The maximum atomic E-state index is 13.1. The molecule has 2 aromatic rings. The normalized spacial score (nSPS) is 12.0. The summed E-state index contributed by atoms with van der Waals surface area (Å²) in [5.74, 6) is -2.70. The summed E-state index contributed by atoms with van der Waals surface area (Å²) in [6.07, 6.45) is 0.520. The quantitative estimate of drug-likeness (QED) is 0.308. The smallest absolute Gasteiger partial charge is 0.330 e. The van der Waals surface area contributed by atoms with Crippen LogP contribution < -0.4 is 20.1 Å². The van der Waals surface area contributed by atoms with Gasteiger partial charge in [-0.05, 0) is 41.8 Å². The summed E-state index contributed by atoms with van der Waals surface area (Å²) in [4.78, 5) is 49.8. The number of carboxylic acids is 1. The number of amides is 2. The van der Waals surface area contributed by atoms with Crippen LogP contribution in [0.1, 0.15) is 25.0 Å². The highest BCUT2D eigenvalue weighted by molar-refractivity contribution is 7.99. The Morgan fingerprint density at radius 1 is 1.05 bits per heavy atom. The molecule has 0 aromatic heterocycles. The van der Waals surface area contributed by atoms with Crippen molar-refractivity contribution in [1.82, 2.24) is 10.6 Å². The predicted molar refractivity (Wildman–Crippen MR) is 141 cm³/mol. The van der Waals surface area contributed by atoms with Crippen LogP contribution in [0.5, 0.6) is 11.5 Å². The number of benzene rings is 2. The summed E-state index contributed by atoms with van der Waals surface area (Å²) in [6, 6.07) is 9.73. The number of Topliss-reactive ketones (excluding diaryl/α,β-unsaturated/α-hetero) is 1. The maximum absolute atomic E-state index is 13.1. The van der Waals surface area contributed by atoms with Gasteiger partial charge in [0.15, 0.2) is 5.78 Å². The molecule has 0 saturated carbocycles. The van der Waals surface area contributed by atoms with Crippen molar-refractivity contribution in [1.29, 1.82) is 0 Å². The molecule has 0 spiro atoms. The summed E-state index contributed by atoms with van der Waals surface area (Å²) < 4.78 is 23.5. The molecule has 0 aliphatic rings. The Morgan fingerprint density at radius 3 is 2.32 bits per heavy atom. The lowest BCUT2D eigenvalue weighted by Crippen LogP contribution is -2.50. The van der Waals surface area contributed by atoms with Crippen LogP contribution in [0.25, 0.3) is 0 Å². The number of carbonyl (C=O) groups excluding carboxylic acids is 3. The first kappa shape index (κ1) is 30.4. The monoisotopic (exact) mass is 546 g/mol. The number of allylic oxidation sites excluding steroid dienone is 1. The summed E-state index contributed by atoms with van der Waals surface area (Å²) in [5, 5.41) is 14.2. The molecule has 0 fully saturated rings. The lowest BCUT2D eigenvalue weighted by molar-refractivity contribution is -0.132. The molecule has 1 atom stereocenters. The number of methoxy groups -OCH3 is 2. The first-order chi connectivity index (χ1) is 18.0. The Balaban J connectivity index is 2.07. The molecule has 0 saturated heterocycles. The van der Waals surface area contributed by atoms with E-state index in [4.69, 9.17) is 9.47 Å². The largest absolute Gasteiger partial charge is 0.497 e. The Hall–Kier alpha value is -3.86. The zero-order chi connectivity index (χ0) is 28.2. The van der Waals surface area contributed by atoms with Crippen LogP contribution >= 0.6 is 11.8 Å². The van der Waals surface area contributed by atoms with Crippen LogP contribution in [0, 0.1) is 11.7 Å². The molecular weight excluding hydrogens is 515 g/mol. The van der Waals surface area contributed by atoms with Crippen LogP contribution in [-0.2, 0) is 31.4 Å². The van der Waals surface area contributed by atoms with Gasteiger partial charge in [-0.1, -0.05) is 26.0 Å². The average molecular weight is 547 g/mol. The molecule has 3 N–H and O–H groups in total. The summed E-state index contributed by atoms with van der Waals surface area (Å²) >= 11 is 1.19. The third kappa shape index (κ3) is 9.55. The molecule has 204 valence electrons. The fourth-order valence-electron chi connectivity index (χ4n) is 3.39.